The molecule has 0 spiro atoms. The summed E-state index contributed by atoms with van der Waals surface area (Å²) in [6.07, 6.45) is 3.83. The summed E-state index contributed by atoms with van der Waals surface area (Å²) in [4.78, 5) is 13.7. The lowest BCUT2D eigenvalue weighted by molar-refractivity contribution is 0.0699. The van der Waals surface area contributed by atoms with Gasteiger partial charge in [-0.3, -0.25) is 0 Å². The second kappa shape index (κ2) is 5.81. The molecule has 1 fully saturated rings. The summed E-state index contributed by atoms with van der Waals surface area (Å²) in [5, 5.41) is 17.5. The van der Waals surface area contributed by atoms with Crippen LogP contribution in [0.3, 0.4) is 0 Å². The van der Waals surface area contributed by atoms with E-state index in [1.54, 1.807) is 12.1 Å². The van der Waals surface area contributed by atoms with Crippen LogP contribution in [0, 0.1) is 0 Å². The molecule has 112 valence electrons. The summed E-state index contributed by atoms with van der Waals surface area (Å²) in [5.41, 5.74) is 1.47. The molecule has 3 rings (SSSR count). The van der Waals surface area contributed by atoms with Gasteiger partial charge in [-0.05, 0) is 45.0 Å². The number of carboxylic acid groups (broad SMARTS) is 1. The van der Waals surface area contributed by atoms with Gasteiger partial charge in [-0.1, -0.05) is 17.7 Å². The SMILES string of the molecule is CC(CN1CCCCC1)n1nnc2c(C(=O)O)cccc21. The number of carboxylic acids is 1. The van der Waals surface area contributed by atoms with Crippen LogP contribution in [-0.2, 0) is 0 Å². The highest BCUT2D eigenvalue weighted by atomic mass is 16.4. The van der Waals surface area contributed by atoms with Crippen molar-refractivity contribution in [1.82, 2.24) is 19.9 Å². The van der Waals surface area contributed by atoms with Crippen molar-refractivity contribution in [3.63, 3.8) is 0 Å². The van der Waals surface area contributed by atoms with Gasteiger partial charge in [-0.25, -0.2) is 9.48 Å². The third-order valence-electron chi connectivity index (χ3n) is 4.12. The van der Waals surface area contributed by atoms with E-state index in [9.17, 15) is 9.90 Å². The van der Waals surface area contributed by atoms with E-state index in [-0.39, 0.29) is 11.6 Å². The number of nitrogens with zero attached hydrogens (tertiary/aromatic N) is 4. The Labute approximate surface area is 123 Å². The fourth-order valence-electron chi connectivity index (χ4n) is 3.05. The molecule has 21 heavy (non-hydrogen) atoms. The van der Waals surface area contributed by atoms with Gasteiger partial charge in [0.05, 0.1) is 17.1 Å². The molecule has 2 heterocycles. The van der Waals surface area contributed by atoms with Gasteiger partial charge in [0.25, 0.3) is 0 Å². The number of likely N-dealkylation sites (tertiary alicyclic amines) is 1. The summed E-state index contributed by atoms with van der Waals surface area (Å²) in [6.45, 7) is 5.31. The predicted molar refractivity (Wildman–Crippen MR) is 79.5 cm³/mol. The Hall–Kier alpha value is -1.95. The Morgan fingerprint density at radius 2 is 2.10 bits per heavy atom. The number of fused-ring (bicyclic) bond motifs is 1. The molecule has 0 saturated carbocycles. The second-order valence-corrected chi connectivity index (χ2v) is 5.72. The van der Waals surface area contributed by atoms with Gasteiger partial charge in [0, 0.05) is 6.54 Å². The van der Waals surface area contributed by atoms with Crippen LogP contribution < -0.4 is 0 Å². The summed E-state index contributed by atoms with van der Waals surface area (Å²) < 4.78 is 1.84. The Morgan fingerprint density at radius 3 is 2.81 bits per heavy atom. The monoisotopic (exact) mass is 288 g/mol. The normalized spacial score (nSPS) is 18.0. The molecule has 0 amide bonds. The van der Waals surface area contributed by atoms with Crippen LogP contribution in [0.2, 0.25) is 0 Å². The van der Waals surface area contributed by atoms with Crippen molar-refractivity contribution in [1.29, 1.82) is 0 Å². The molecule has 1 N–H and O–H groups in total. The van der Waals surface area contributed by atoms with E-state index < -0.39 is 5.97 Å². The number of hydrogen-bond donors (Lipinski definition) is 1. The first-order chi connectivity index (χ1) is 10.2. The van der Waals surface area contributed by atoms with Crippen LogP contribution in [0.15, 0.2) is 18.2 Å². The molecule has 1 aliphatic rings. The van der Waals surface area contributed by atoms with E-state index in [2.05, 4.69) is 22.1 Å². The second-order valence-electron chi connectivity index (χ2n) is 5.72. The lowest BCUT2D eigenvalue weighted by Gasteiger charge is -2.29. The molecule has 0 bridgehead atoms. The molecule has 2 aromatic rings. The van der Waals surface area contributed by atoms with Crippen LogP contribution in [-0.4, -0.2) is 50.6 Å². The molecular formula is C15H20N4O2. The lowest BCUT2D eigenvalue weighted by Crippen LogP contribution is -2.34. The average molecular weight is 288 g/mol. The third-order valence-corrected chi connectivity index (χ3v) is 4.12. The van der Waals surface area contributed by atoms with Crippen molar-refractivity contribution in [2.24, 2.45) is 0 Å². The minimum absolute atomic E-state index is 0.178. The quantitative estimate of drug-likeness (QED) is 0.933. The van der Waals surface area contributed by atoms with Crippen LogP contribution in [0.25, 0.3) is 11.0 Å². The highest BCUT2D eigenvalue weighted by Gasteiger charge is 2.19. The number of aromatic nitrogens is 3. The van der Waals surface area contributed by atoms with Gasteiger partial charge >= 0.3 is 5.97 Å². The number of rotatable bonds is 4. The highest BCUT2D eigenvalue weighted by Crippen LogP contribution is 2.21. The highest BCUT2D eigenvalue weighted by molar-refractivity contribution is 6.00. The van der Waals surface area contributed by atoms with Gasteiger partial charge in [-0.2, -0.15) is 0 Å². The number of piperidine rings is 1. The van der Waals surface area contributed by atoms with Crippen molar-refractivity contribution in [3.8, 4) is 0 Å². The molecule has 0 aliphatic carbocycles. The van der Waals surface area contributed by atoms with Crippen LogP contribution in [0.5, 0.6) is 0 Å². The Morgan fingerprint density at radius 1 is 1.33 bits per heavy atom. The molecule has 1 saturated heterocycles. The van der Waals surface area contributed by atoms with E-state index in [0.29, 0.717) is 5.52 Å². The molecule has 6 heteroatoms. The molecule has 1 atom stereocenters. The maximum absolute atomic E-state index is 11.2. The maximum Gasteiger partial charge on any atom is 0.338 e. The summed E-state index contributed by atoms with van der Waals surface area (Å²) >= 11 is 0. The van der Waals surface area contributed by atoms with Crippen molar-refractivity contribution >= 4 is 17.0 Å². The number of aromatic carboxylic acids is 1. The van der Waals surface area contributed by atoms with E-state index in [1.807, 2.05) is 10.7 Å². The van der Waals surface area contributed by atoms with Gasteiger partial charge in [-0.15, -0.1) is 5.10 Å². The van der Waals surface area contributed by atoms with Gasteiger partial charge in [0.15, 0.2) is 0 Å². The zero-order chi connectivity index (χ0) is 14.8. The molecule has 1 aromatic heterocycles. The van der Waals surface area contributed by atoms with Gasteiger partial charge in [0.2, 0.25) is 0 Å². The zero-order valence-electron chi connectivity index (χ0n) is 12.2. The first-order valence-corrected chi connectivity index (χ1v) is 7.46. The van der Waals surface area contributed by atoms with Crippen LogP contribution >= 0.6 is 0 Å². The Kier molecular flexibility index (Phi) is 3.88. The van der Waals surface area contributed by atoms with E-state index in [1.165, 1.54) is 19.3 Å². The maximum atomic E-state index is 11.2. The van der Waals surface area contributed by atoms with Gasteiger partial charge in [0.1, 0.15) is 5.52 Å². The summed E-state index contributed by atoms with van der Waals surface area (Å²) in [6, 6.07) is 5.38. The van der Waals surface area contributed by atoms with E-state index in [0.717, 1.165) is 25.2 Å². The summed E-state index contributed by atoms with van der Waals surface area (Å²) in [5.74, 6) is -0.962. The minimum atomic E-state index is -0.962. The van der Waals surface area contributed by atoms with E-state index >= 15 is 0 Å². The van der Waals surface area contributed by atoms with Crippen molar-refractivity contribution < 1.29 is 9.90 Å². The number of benzene rings is 1. The van der Waals surface area contributed by atoms with Crippen molar-refractivity contribution in [3.05, 3.63) is 23.8 Å². The fraction of sp³-hybridized carbons (Fsp3) is 0.533. The molecule has 6 nitrogen and oxygen atoms in total. The van der Waals surface area contributed by atoms with Gasteiger partial charge < -0.3 is 10.0 Å². The van der Waals surface area contributed by atoms with Crippen LogP contribution in [0.1, 0.15) is 42.6 Å². The van der Waals surface area contributed by atoms with Crippen molar-refractivity contribution in [2.75, 3.05) is 19.6 Å². The Balaban J connectivity index is 1.86. The fourth-order valence-corrected chi connectivity index (χ4v) is 3.05. The summed E-state index contributed by atoms with van der Waals surface area (Å²) in [7, 11) is 0. The average Bonchev–Trinajstić information content (AvgIpc) is 2.92. The number of hydrogen-bond acceptors (Lipinski definition) is 4. The topological polar surface area (TPSA) is 71.2 Å². The molecular weight excluding hydrogens is 268 g/mol. The minimum Gasteiger partial charge on any atom is -0.478 e. The number of carbonyl (C=O) groups is 1. The first kappa shape index (κ1) is 14.0. The lowest BCUT2D eigenvalue weighted by atomic mass is 10.1. The smallest absolute Gasteiger partial charge is 0.338 e. The predicted octanol–water partition coefficient (Wildman–Crippen LogP) is 2.18. The molecule has 1 aromatic carbocycles. The third kappa shape index (κ3) is 2.76. The first-order valence-electron chi connectivity index (χ1n) is 7.46. The van der Waals surface area contributed by atoms with Crippen LogP contribution in [0.4, 0.5) is 0 Å². The van der Waals surface area contributed by atoms with E-state index in [4.69, 9.17) is 0 Å². The van der Waals surface area contributed by atoms with Crippen molar-refractivity contribution in [2.45, 2.75) is 32.2 Å². The molecule has 1 aliphatic heterocycles. The standard InChI is InChI=1S/C15H20N4O2/c1-11(10-18-8-3-2-4-9-18)19-13-7-5-6-12(15(20)21)14(13)16-17-19/h5-7,11H,2-4,8-10H2,1H3,(H,20,21). The molecule has 0 radical (unpaired) electrons. The zero-order valence-corrected chi connectivity index (χ0v) is 12.2. The molecule has 1 unspecified atom stereocenters. The Bertz CT molecular complexity index is 646. The largest absolute Gasteiger partial charge is 0.478 e.